The fourth-order valence-corrected chi connectivity index (χ4v) is 4.23. The van der Waals surface area contributed by atoms with Crippen LogP contribution in [0.5, 0.6) is 0 Å². The summed E-state index contributed by atoms with van der Waals surface area (Å²) in [6, 6.07) is 14.5. The Morgan fingerprint density at radius 2 is 1.67 bits per heavy atom. The van der Waals surface area contributed by atoms with E-state index in [0.29, 0.717) is 12.5 Å². The summed E-state index contributed by atoms with van der Waals surface area (Å²) in [7, 11) is 0. The molecule has 30 heavy (non-hydrogen) atoms. The van der Waals surface area contributed by atoms with Gasteiger partial charge in [-0.2, -0.15) is 0 Å². The van der Waals surface area contributed by atoms with E-state index in [1.54, 1.807) is 6.20 Å². The fourth-order valence-electron chi connectivity index (χ4n) is 4.23. The van der Waals surface area contributed by atoms with Crippen molar-refractivity contribution in [3.05, 3.63) is 75.8 Å². The van der Waals surface area contributed by atoms with Crippen LogP contribution in [0.3, 0.4) is 0 Å². The highest BCUT2D eigenvalue weighted by molar-refractivity contribution is 5.50. The molecule has 0 aliphatic carbocycles. The molecule has 0 bridgehead atoms. The maximum atomic E-state index is 12.8. The molecule has 4 heterocycles. The highest BCUT2D eigenvalue weighted by atomic mass is 16.1. The number of H-pyrrole nitrogens is 1. The Kier molecular flexibility index (Phi) is 4.86. The Hall–Kier alpha value is -3.35. The number of rotatable bonds is 3. The van der Waals surface area contributed by atoms with E-state index in [-0.39, 0.29) is 5.56 Å². The smallest absolute Gasteiger partial charge is 0.257 e. The SMILES string of the molecule is Cc1ccc(N2CCN(c3nc4c(c(=O)[nH]3)CN(c3ccccn3)CC4)CC2)cc1. The van der Waals surface area contributed by atoms with E-state index >= 15 is 0 Å². The first-order chi connectivity index (χ1) is 14.7. The summed E-state index contributed by atoms with van der Waals surface area (Å²) in [4.78, 5) is 31.8. The number of aryl methyl sites for hydroxylation is 1. The largest absolute Gasteiger partial charge is 0.368 e. The van der Waals surface area contributed by atoms with Crippen LogP contribution in [-0.2, 0) is 13.0 Å². The zero-order chi connectivity index (χ0) is 20.5. The van der Waals surface area contributed by atoms with Gasteiger partial charge in [0.15, 0.2) is 0 Å². The summed E-state index contributed by atoms with van der Waals surface area (Å²) in [6.07, 6.45) is 2.54. The zero-order valence-electron chi connectivity index (χ0n) is 17.2. The van der Waals surface area contributed by atoms with Crippen LogP contribution >= 0.6 is 0 Å². The van der Waals surface area contributed by atoms with Crippen LogP contribution in [0.1, 0.15) is 16.8 Å². The van der Waals surface area contributed by atoms with Gasteiger partial charge in [0.25, 0.3) is 5.56 Å². The first-order valence-corrected chi connectivity index (χ1v) is 10.5. The lowest BCUT2D eigenvalue weighted by molar-refractivity contribution is 0.628. The predicted octanol–water partition coefficient (Wildman–Crippen LogP) is 2.36. The van der Waals surface area contributed by atoms with Crippen molar-refractivity contribution in [3.63, 3.8) is 0 Å². The molecular weight excluding hydrogens is 376 g/mol. The average molecular weight is 403 g/mol. The van der Waals surface area contributed by atoms with Gasteiger partial charge in [-0.3, -0.25) is 9.78 Å². The number of piperazine rings is 1. The Morgan fingerprint density at radius 1 is 0.900 bits per heavy atom. The van der Waals surface area contributed by atoms with Crippen molar-refractivity contribution in [1.29, 1.82) is 0 Å². The molecule has 1 aromatic carbocycles. The number of nitrogens with zero attached hydrogens (tertiary/aromatic N) is 5. The molecule has 1 N–H and O–H groups in total. The number of aromatic amines is 1. The number of aromatic nitrogens is 3. The van der Waals surface area contributed by atoms with Gasteiger partial charge < -0.3 is 14.7 Å². The van der Waals surface area contributed by atoms with Gasteiger partial charge in [-0.05, 0) is 31.2 Å². The number of nitrogens with one attached hydrogen (secondary N) is 1. The average Bonchev–Trinajstić information content (AvgIpc) is 2.80. The summed E-state index contributed by atoms with van der Waals surface area (Å²) >= 11 is 0. The molecule has 2 aliphatic rings. The van der Waals surface area contributed by atoms with Gasteiger partial charge in [0, 0.05) is 51.0 Å². The molecule has 0 unspecified atom stereocenters. The van der Waals surface area contributed by atoms with Gasteiger partial charge in [0.05, 0.1) is 17.8 Å². The second kappa shape index (κ2) is 7.82. The van der Waals surface area contributed by atoms with Crippen molar-refractivity contribution in [3.8, 4) is 0 Å². The number of pyridine rings is 1. The monoisotopic (exact) mass is 402 g/mol. The topological polar surface area (TPSA) is 68.4 Å². The third-order valence-corrected chi connectivity index (χ3v) is 6.01. The number of benzene rings is 1. The molecular formula is C23H26N6O. The fraction of sp³-hybridized carbons (Fsp3) is 0.348. The molecule has 7 nitrogen and oxygen atoms in total. The highest BCUT2D eigenvalue weighted by Gasteiger charge is 2.25. The van der Waals surface area contributed by atoms with E-state index in [1.165, 1.54) is 11.3 Å². The minimum Gasteiger partial charge on any atom is -0.368 e. The molecule has 3 aromatic rings. The molecule has 0 spiro atoms. The lowest BCUT2D eigenvalue weighted by atomic mass is 10.1. The molecule has 7 heteroatoms. The third kappa shape index (κ3) is 3.63. The van der Waals surface area contributed by atoms with Crippen molar-refractivity contribution in [2.75, 3.05) is 47.4 Å². The van der Waals surface area contributed by atoms with Gasteiger partial charge in [-0.15, -0.1) is 0 Å². The lowest BCUT2D eigenvalue weighted by Crippen LogP contribution is -2.48. The van der Waals surface area contributed by atoms with Gasteiger partial charge >= 0.3 is 0 Å². The highest BCUT2D eigenvalue weighted by Crippen LogP contribution is 2.22. The van der Waals surface area contributed by atoms with E-state index < -0.39 is 0 Å². The molecule has 0 atom stereocenters. The summed E-state index contributed by atoms with van der Waals surface area (Å²) in [5.74, 6) is 1.60. The number of hydrogen-bond donors (Lipinski definition) is 1. The van der Waals surface area contributed by atoms with E-state index in [9.17, 15) is 4.79 Å². The van der Waals surface area contributed by atoms with Crippen molar-refractivity contribution in [1.82, 2.24) is 15.0 Å². The maximum Gasteiger partial charge on any atom is 0.257 e. The van der Waals surface area contributed by atoms with Crippen molar-refractivity contribution in [2.45, 2.75) is 19.9 Å². The zero-order valence-corrected chi connectivity index (χ0v) is 17.2. The quantitative estimate of drug-likeness (QED) is 0.725. The normalized spacial score (nSPS) is 16.5. The second-order valence-corrected chi connectivity index (χ2v) is 7.98. The Balaban J connectivity index is 1.30. The molecule has 0 radical (unpaired) electrons. The van der Waals surface area contributed by atoms with Crippen LogP contribution in [0.25, 0.3) is 0 Å². The van der Waals surface area contributed by atoms with Crippen molar-refractivity contribution >= 4 is 17.5 Å². The Morgan fingerprint density at radius 3 is 2.40 bits per heavy atom. The van der Waals surface area contributed by atoms with Crippen molar-refractivity contribution in [2.24, 2.45) is 0 Å². The van der Waals surface area contributed by atoms with Gasteiger partial charge in [0.2, 0.25) is 5.95 Å². The lowest BCUT2D eigenvalue weighted by Gasteiger charge is -2.37. The molecule has 154 valence electrons. The third-order valence-electron chi connectivity index (χ3n) is 6.01. The van der Waals surface area contributed by atoms with Gasteiger partial charge in [0.1, 0.15) is 5.82 Å². The Labute approximate surface area is 176 Å². The minimum absolute atomic E-state index is 0.0309. The van der Waals surface area contributed by atoms with E-state index in [2.05, 4.69) is 55.9 Å². The number of fused-ring (bicyclic) bond motifs is 1. The first kappa shape index (κ1) is 18.7. The predicted molar refractivity (Wildman–Crippen MR) is 119 cm³/mol. The molecule has 2 aliphatic heterocycles. The van der Waals surface area contributed by atoms with Crippen LogP contribution in [0.15, 0.2) is 53.5 Å². The van der Waals surface area contributed by atoms with Crippen molar-refractivity contribution < 1.29 is 0 Å². The van der Waals surface area contributed by atoms with E-state index in [1.807, 2.05) is 18.2 Å². The minimum atomic E-state index is -0.0309. The molecule has 1 fully saturated rings. The van der Waals surface area contributed by atoms with Gasteiger partial charge in [-0.25, -0.2) is 9.97 Å². The summed E-state index contributed by atoms with van der Waals surface area (Å²) in [5, 5.41) is 0. The molecule has 0 saturated carbocycles. The second-order valence-electron chi connectivity index (χ2n) is 7.98. The van der Waals surface area contributed by atoms with Gasteiger partial charge in [-0.1, -0.05) is 23.8 Å². The van der Waals surface area contributed by atoms with Crippen LogP contribution < -0.4 is 20.3 Å². The molecule has 1 saturated heterocycles. The van der Waals surface area contributed by atoms with Crippen LogP contribution in [0, 0.1) is 6.92 Å². The maximum absolute atomic E-state index is 12.8. The van der Waals surface area contributed by atoms with Crippen LogP contribution in [0.2, 0.25) is 0 Å². The van der Waals surface area contributed by atoms with E-state index in [4.69, 9.17) is 4.98 Å². The van der Waals surface area contributed by atoms with E-state index in [0.717, 1.165) is 56.2 Å². The number of anilines is 3. The first-order valence-electron chi connectivity index (χ1n) is 10.5. The van der Waals surface area contributed by atoms with Crippen LogP contribution in [0.4, 0.5) is 17.5 Å². The molecule has 5 rings (SSSR count). The number of hydrogen-bond acceptors (Lipinski definition) is 6. The summed E-state index contributed by atoms with van der Waals surface area (Å²) in [6.45, 7) is 6.99. The Bertz CT molecular complexity index is 1070. The molecule has 2 aromatic heterocycles. The summed E-state index contributed by atoms with van der Waals surface area (Å²) in [5.41, 5.74) is 4.17. The van der Waals surface area contributed by atoms with Crippen LogP contribution in [-0.4, -0.2) is 47.7 Å². The standard InChI is InChI=1S/C23H26N6O/c1-17-5-7-18(8-6-17)27-12-14-28(15-13-27)23-25-20-9-11-29(16-19(20)22(30)26-23)21-4-2-3-10-24-21/h2-8,10H,9,11-16H2,1H3,(H,25,26,30). The molecule has 0 amide bonds. The summed E-state index contributed by atoms with van der Waals surface area (Å²) < 4.78 is 0.